The molecule has 1 saturated heterocycles. The van der Waals surface area contributed by atoms with Crippen molar-refractivity contribution in [2.75, 3.05) is 31.2 Å². The summed E-state index contributed by atoms with van der Waals surface area (Å²) in [6, 6.07) is 8.20. The fourth-order valence-electron chi connectivity index (χ4n) is 3.14. The number of anilines is 1. The lowest BCUT2D eigenvalue weighted by atomic mass is 10.1. The zero-order valence-corrected chi connectivity index (χ0v) is 18.5. The van der Waals surface area contributed by atoms with E-state index in [-0.39, 0.29) is 11.2 Å². The highest BCUT2D eigenvalue weighted by Gasteiger charge is 2.24. The molecule has 2 heterocycles. The third kappa shape index (κ3) is 5.96. The van der Waals surface area contributed by atoms with Crippen LogP contribution in [-0.4, -0.2) is 52.2 Å². The van der Waals surface area contributed by atoms with Crippen LogP contribution in [0.4, 0.5) is 5.95 Å². The molecule has 1 aromatic heterocycles. The van der Waals surface area contributed by atoms with Gasteiger partial charge in [0.05, 0.1) is 18.5 Å². The molecule has 1 fully saturated rings. The van der Waals surface area contributed by atoms with Crippen LogP contribution in [0.5, 0.6) is 0 Å². The number of hydrogen-bond donors (Lipinski definition) is 1. The fraction of sp³-hybridized carbons (Fsp3) is 0.571. The van der Waals surface area contributed by atoms with Gasteiger partial charge in [-0.25, -0.2) is 0 Å². The van der Waals surface area contributed by atoms with Gasteiger partial charge in [0.2, 0.25) is 11.9 Å². The van der Waals surface area contributed by atoms with Crippen molar-refractivity contribution in [3.8, 4) is 0 Å². The van der Waals surface area contributed by atoms with Crippen LogP contribution in [0.1, 0.15) is 31.9 Å². The lowest BCUT2D eigenvalue weighted by Gasteiger charge is -2.28. The summed E-state index contributed by atoms with van der Waals surface area (Å²) in [4.78, 5) is 14.8. The van der Waals surface area contributed by atoms with Crippen LogP contribution in [0.2, 0.25) is 0 Å². The number of morpholine rings is 1. The Morgan fingerprint density at radius 1 is 1.17 bits per heavy atom. The highest BCUT2D eigenvalue weighted by atomic mass is 32.2. The van der Waals surface area contributed by atoms with Crippen molar-refractivity contribution in [1.29, 1.82) is 0 Å². The summed E-state index contributed by atoms with van der Waals surface area (Å²) >= 11 is 1.46. The molecule has 8 heteroatoms. The summed E-state index contributed by atoms with van der Waals surface area (Å²) in [6.07, 6.45) is 0. The maximum Gasteiger partial charge on any atom is 0.233 e. The average Bonchev–Trinajstić information content (AvgIpc) is 3.09. The SMILES string of the molecule is Cc1ccc(CNC(=O)C(C)Sc2nnc(N3CCOCC3)n2CC(C)C)cc1. The monoisotopic (exact) mass is 417 g/mol. The van der Waals surface area contributed by atoms with Crippen molar-refractivity contribution in [2.24, 2.45) is 5.92 Å². The summed E-state index contributed by atoms with van der Waals surface area (Å²) in [5, 5.41) is 12.4. The number of thioether (sulfide) groups is 1. The number of ether oxygens (including phenoxy) is 1. The third-order valence-corrected chi connectivity index (χ3v) is 5.86. The molecule has 1 aromatic carbocycles. The lowest BCUT2D eigenvalue weighted by Crippen LogP contribution is -2.38. The number of carbonyl (C=O) groups excluding carboxylic acids is 1. The smallest absolute Gasteiger partial charge is 0.233 e. The molecule has 2 aromatic rings. The van der Waals surface area contributed by atoms with Crippen LogP contribution in [0.15, 0.2) is 29.4 Å². The number of rotatable bonds is 8. The lowest BCUT2D eigenvalue weighted by molar-refractivity contribution is -0.120. The molecule has 1 aliphatic heterocycles. The van der Waals surface area contributed by atoms with Crippen LogP contribution in [0.25, 0.3) is 0 Å². The first-order chi connectivity index (χ1) is 13.9. The maximum atomic E-state index is 12.6. The van der Waals surface area contributed by atoms with Gasteiger partial charge >= 0.3 is 0 Å². The van der Waals surface area contributed by atoms with Crippen LogP contribution < -0.4 is 10.2 Å². The minimum absolute atomic E-state index is 0.00240. The molecule has 1 unspecified atom stereocenters. The highest BCUT2D eigenvalue weighted by molar-refractivity contribution is 8.00. The highest BCUT2D eigenvalue weighted by Crippen LogP contribution is 2.27. The van der Waals surface area contributed by atoms with Crippen molar-refractivity contribution in [3.63, 3.8) is 0 Å². The number of aromatic nitrogens is 3. The normalized spacial score (nSPS) is 15.6. The van der Waals surface area contributed by atoms with E-state index in [1.807, 2.05) is 19.1 Å². The van der Waals surface area contributed by atoms with Gasteiger partial charge in [0.15, 0.2) is 5.16 Å². The molecule has 0 radical (unpaired) electrons. The van der Waals surface area contributed by atoms with Gasteiger partial charge in [-0.3, -0.25) is 9.36 Å². The Bertz CT molecular complexity index is 800. The molecule has 0 bridgehead atoms. The van der Waals surface area contributed by atoms with E-state index in [1.165, 1.54) is 17.3 Å². The third-order valence-electron chi connectivity index (χ3n) is 4.78. The summed E-state index contributed by atoms with van der Waals surface area (Å²) in [7, 11) is 0. The van der Waals surface area contributed by atoms with E-state index in [4.69, 9.17) is 4.74 Å². The summed E-state index contributed by atoms with van der Waals surface area (Å²) in [5.41, 5.74) is 2.31. The Morgan fingerprint density at radius 2 is 1.86 bits per heavy atom. The zero-order chi connectivity index (χ0) is 20.8. The Kier molecular flexibility index (Phi) is 7.55. The number of amides is 1. The minimum Gasteiger partial charge on any atom is -0.378 e. The second-order valence-corrected chi connectivity index (χ2v) is 9.16. The predicted octanol–water partition coefficient (Wildman–Crippen LogP) is 2.88. The van der Waals surface area contributed by atoms with E-state index in [2.05, 4.69) is 57.9 Å². The van der Waals surface area contributed by atoms with E-state index in [0.29, 0.717) is 25.7 Å². The summed E-state index contributed by atoms with van der Waals surface area (Å²) in [5.74, 6) is 1.33. The second kappa shape index (κ2) is 10.1. The number of nitrogens with zero attached hydrogens (tertiary/aromatic N) is 4. The number of hydrogen-bond acceptors (Lipinski definition) is 6. The molecule has 1 amide bonds. The molecular formula is C21H31N5O2S. The van der Waals surface area contributed by atoms with Gasteiger partial charge in [-0.1, -0.05) is 55.4 Å². The van der Waals surface area contributed by atoms with E-state index in [9.17, 15) is 4.79 Å². The summed E-state index contributed by atoms with van der Waals surface area (Å²) in [6.45, 7) is 12.7. The molecule has 1 aliphatic rings. The van der Waals surface area contributed by atoms with Gasteiger partial charge in [0.25, 0.3) is 0 Å². The van der Waals surface area contributed by atoms with Crippen molar-refractivity contribution < 1.29 is 9.53 Å². The van der Waals surface area contributed by atoms with Crippen LogP contribution in [-0.2, 0) is 22.6 Å². The standard InChI is InChI=1S/C21H31N5O2S/c1-15(2)14-26-20(25-9-11-28-12-10-25)23-24-21(26)29-17(4)19(27)22-13-18-7-5-16(3)6-8-18/h5-8,15,17H,9-14H2,1-4H3,(H,22,27). The average molecular weight is 418 g/mol. The number of aryl methyl sites for hydroxylation is 1. The van der Waals surface area contributed by atoms with Gasteiger partial charge < -0.3 is 15.0 Å². The van der Waals surface area contributed by atoms with Gasteiger partial charge in [-0.15, -0.1) is 10.2 Å². The summed E-state index contributed by atoms with van der Waals surface area (Å²) < 4.78 is 7.60. The van der Waals surface area contributed by atoms with Crippen LogP contribution in [0.3, 0.4) is 0 Å². The largest absolute Gasteiger partial charge is 0.378 e. The zero-order valence-electron chi connectivity index (χ0n) is 17.7. The maximum absolute atomic E-state index is 12.6. The van der Waals surface area contributed by atoms with Crippen molar-refractivity contribution in [1.82, 2.24) is 20.1 Å². The molecule has 0 aliphatic carbocycles. The molecule has 158 valence electrons. The number of carbonyl (C=O) groups is 1. The Morgan fingerprint density at radius 3 is 2.52 bits per heavy atom. The van der Waals surface area contributed by atoms with Crippen molar-refractivity contribution in [3.05, 3.63) is 35.4 Å². The van der Waals surface area contributed by atoms with Gasteiger partial charge in [0, 0.05) is 26.2 Å². The van der Waals surface area contributed by atoms with Crippen LogP contribution in [0, 0.1) is 12.8 Å². The molecular weight excluding hydrogens is 386 g/mol. The predicted molar refractivity (Wildman–Crippen MR) is 116 cm³/mol. The molecule has 1 N–H and O–H groups in total. The molecule has 29 heavy (non-hydrogen) atoms. The quantitative estimate of drug-likeness (QED) is 0.666. The first-order valence-electron chi connectivity index (χ1n) is 10.2. The van der Waals surface area contributed by atoms with Gasteiger partial charge in [0.1, 0.15) is 0 Å². The van der Waals surface area contributed by atoms with Gasteiger partial charge in [-0.2, -0.15) is 0 Å². The van der Waals surface area contributed by atoms with E-state index >= 15 is 0 Å². The van der Waals surface area contributed by atoms with E-state index in [1.54, 1.807) is 0 Å². The van der Waals surface area contributed by atoms with E-state index in [0.717, 1.165) is 36.3 Å². The molecule has 0 saturated carbocycles. The van der Waals surface area contributed by atoms with Gasteiger partial charge in [-0.05, 0) is 25.3 Å². The topological polar surface area (TPSA) is 72.3 Å². The Hall–Kier alpha value is -2.06. The van der Waals surface area contributed by atoms with Crippen LogP contribution >= 0.6 is 11.8 Å². The fourth-order valence-corrected chi connectivity index (χ4v) is 4.02. The number of nitrogens with one attached hydrogen (secondary N) is 1. The Labute approximate surface area is 177 Å². The second-order valence-electron chi connectivity index (χ2n) is 7.85. The molecule has 1 atom stereocenters. The first kappa shape index (κ1) is 21.6. The van der Waals surface area contributed by atoms with Crippen molar-refractivity contribution >= 4 is 23.6 Å². The molecule has 3 rings (SSSR count). The van der Waals surface area contributed by atoms with Crippen molar-refractivity contribution in [2.45, 2.75) is 51.2 Å². The Balaban J connectivity index is 1.65. The molecule has 0 spiro atoms. The number of benzene rings is 1. The van der Waals surface area contributed by atoms with E-state index < -0.39 is 0 Å². The minimum atomic E-state index is -0.256. The first-order valence-corrected chi connectivity index (χ1v) is 11.1. The molecule has 7 nitrogen and oxygen atoms in total.